The van der Waals surface area contributed by atoms with Gasteiger partial charge in [-0.25, -0.2) is 4.79 Å². The zero-order valence-electron chi connectivity index (χ0n) is 18.0. The molecule has 0 saturated carbocycles. The Morgan fingerprint density at radius 1 is 1.00 bits per heavy atom. The maximum Gasteiger partial charge on any atom is 0.335 e. The minimum absolute atomic E-state index is 0.151. The van der Waals surface area contributed by atoms with Gasteiger partial charge in [-0.05, 0) is 56.7 Å². The van der Waals surface area contributed by atoms with E-state index in [-0.39, 0.29) is 5.56 Å². The summed E-state index contributed by atoms with van der Waals surface area (Å²) < 4.78 is 13.3. The summed E-state index contributed by atoms with van der Waals surface area (Å²) in [6, 6.07) is 14.3. The van der Waals surface area contributed by atoms with E-state index in [9.17, 15) is 15.0 Å². The number of hydrogen-bond acceptors (Lipinski definition) is 5. The molecule has 7 nitrogen and oxygen atoms in total. The second kappa shape index (κ2) is 10.1. The molecule has 1 heterocycles. The molecule has 2 N–H and O–H groups in total. The van der Waals surface area contributed by atoms with Crippen LogP contribution < -0.4 is 9.47 Å². The molecule has 7 heteroatoms. The van der Waals surface area contributed by atoms with Crippen molar-refractivity contribution >= 4 is 5.97 Å². The monoisotopic (exact) mass is 424 g/mol. The number of aliphatic hydroxyl groups excluding tert-OH is 1. The lowest BCUT2D eigenvalue weighted by atomic mass is 10.0. The van der Waals surface area contributed by atoms with Gasteiger partial charge in [0.1, 0.15) is 11.5 Å². The van der Waals surface area contributed by atoms with Crippen LogP contribution >= 0.6 is 0 Å². The molecule has 3 rings (SSSR count). The minimum atomic E-state index is -1.02. The molecule has 0 bridgehead atoms. The molecule has 1 unspecified atom stereocenters. The van der Waals surface area contributed by atoms with Gasteiger partial charge in [0, 0.05) is 11.1 Å². The van der Waals surface area contributed by atoms with E-state index in [4.69, 9.17) is 14.6 Å². The molecule has 1 aromatic heterocycles. The molecule has 3 aromatic rings. The van der Waals surface area contributed by atoms with Gasteiger partial charge in [-0.3, -0.25) is 4.68 Å². The predicted molar refractivity (Wildman–Crippen MR) is 119 cm³/mol. The fourth-order valence-electron chi connectivity index (χ4n) is 3.34. The maximum absolute atomic E-state index is 11.5. The van der Waals surface area contributed by atoms with Crippen molar-refractivity contribution in [3.63, 3.8) is 0 Å². The molecule has 0 amide bonds. The third kappa shape index (κ3) is 5.06. The summed E-state index contributed by atoms with van der Waals surface area (Å²) in [6.07, 6.45) is 0.0166. The van der Waals surface area contributed by atoms with Crippen LogP contribution in [0.25, 0.3) is 22.5 Å². The number of aromatic nitrogens is 2. The highest BCUT2D eigenvalue weighted by Gasteiger charge is 2.20. The van der Waals surface area contributed by atoms with Crippen molar-refractivity contribution in [2.45, 2.75) is 39.8 Å². The summed E-state index contributed by atoms with van der Waals surface area (Å²) in [5.74, 6) is 0.248. The Kier molecular flexibility index (Phi) is 7.31. The highest BCUT2D eigenvalue weighted by Crippen LogP contribution is 2.36. The van der Waals surface area contributed by atoms with Crippen molar-refractivity contribution in [1.29, 1.82) is 0 Å². The fourth-order valence-corrected chi connectivity index (χ4v) is 3.34. The molecule has 0 aliphatic rings. The predicted octanol–water partition coefficient (Wildman–Crippen LogP) is 4.48. The van der Waals surface area contributed by atoms with E-state index in [0.29, 0.717) is 48.9 Å². The van der Waals surface area contributed by atoms with Gasteiger partial charge in [-0.15, -0.1) is 0 Å². The van der Waals surface area contributed by atoms with Crippen molar-refractivity contribution in [3.05, 3.63) is 54.1 Å². The van der Waals surface area contributed by atoms with Crippen LogP contribution in [0.4, 0.5) is 0 Å². The van der Waals surface area contributed by atoms with Crippen molar-refractivity contribution in [3.8, 4) is 34.0 Å². The zero-order valence-corrected chi connectivity index (χ0v) is 18.0. The number of ether oxygens (including phenoxy) is 2. The van der Waals surface area contributed by atoms with E-state index in [0.717, 1.165) is 11.3 Å². The Morgan fingerprint density at radius 2 is 1.68 bits per heavy atom. The average Bonchev–Trinajstić information content (AvgIpc) is 3.17. The highest BCUT2D eigenvalue weighted by molar-refractivity contribution is 5.90. The molecule has 164 valence electrons. The molecule has 31 heavy (non-hydrogen) atoms. The van der Waals surface area contributed by atoms with Gasteiger partial charge in [0.25, 0.3) is 0 Å². The standard InChI is InChI=1S/C24H28N2O5/c1-4-17(27)15-26-21(18-9-7-8-10-22(18)30-5-2)14-20(25-26)19-13-16(24(28)29)11-12-23(19)31-6-3/h7-14,17,27H,4-6,15H2,1-3H3,(H,28,29). The number of nitrogens with zero attached hydrogens (tertiary/aromatic N) is 2. The van der Waals surface area contributed by atoms with Crippen LogP contribution in [0, 0.1) is 0 Å². The molecule has 0 saturated heterocycles. The zero-order chi connectivity index (χ0) is 22.4. The molecule has 2 aromatic carbocycles. The van der Waals surface area contributed by atoms with Crippen LogP contribution in [0.2, 0.25) is 0 Å². The van der Waals surface area contributed by atoms with Crippen LogP contribution in [-0.2, 0) is 6.54 Å². The Morgan fingerprint density at radius 3 is 2.32 bits per heavy atom. The van der Waals surface area contributed by atoms with Gasteiger partial charge in [0.2, 0.25) is 0 Å². The van der Waals surface area contributed by atoms with E-state index >= 15 is 0 Å². The van der Waals surface area contributed by atoms with Gasteiger partial charge in [-0.1, -0.05) is 19.1 Å². The van der Waals surface area contributed by atoms with Crippen molar-refractivity contribution in [2.75, 3.05) is 13.2 Å². The number of aliphatic hydroxyl groups is 1. The first kappa shape index (κ1) is 22.4. The first-order chi connectivity index (χ1) is 15.0. The summed E-state index contributed by atoms with van der Waals surface area (Å²) in [5, 5.41) is 24.5. The lowest BCUT2D eigenvalue weighted by molar-refractivity contribution is 0.0697. The summed E-state index contributed by atoms with van der Waals surface area (Å²) in [4.78, 5) is 11.5. The number of hydrogen-bond donors (Lipinski definition) is 2. The molecular weight excluding hydrogens is 396 g/mol. The molecule has 0 spiro atoms. The lowest BCUT2D eigenvalue weighted by Gasteiger charge is -2.14. The summed E-state index contributed by atoms with van der Waals surface area (Å²) >= 11 is 0. The number of benzene rings is 2. The molecule has 0 fully saturated rings. The van der Waals surface area contributed by atoms with Gasteiger partial charge < -0.3 is 19.7 Å². The normalized spacial score (nSPS) is 11.9. The Labute approximate surface area is 181 Å². The first-order valence-corrected chi connectivity index (χ1v) is 10.5. The largest absolute Gasteiger partial charge is 0.493 e. The van der Waals surface area contributed by atoms with Crippen LogP contribution in [0.1, 0.15) is 37.6 Å². The number of carboxylic acid groups (broad SMARTS) is 1. The summed E-state index contributed by atoms with van der Waals surface area (Å²) in [5.41, 5.74) is 2.92. The van der Waals surface area contributed by atoms with E-state index in [1.54, 1.807) is 16.8 Å². The average molecular weight is 424 g/mol. The fraction of sp³-hybridized carbons (Fsp3) is 0.333. The third-order valence-electron chi connectivity index (χ3n) is 4.90. The molecule has 0 aliphatic carbocycles. The Bertz CT molecular complexity index is 1040. The number of carboxylic acids is 1. The maximum atomic E-state index is 11.5. The van der Waals surface area contributed by atoms with Crippen molar-refractivity contribution in [1.82, 2.24) is 9.78 Å². The van der Waals surface area contributed by atoms with E-state index < -0.39 is 12.1 Å². The number of para-hydroxylation sites is 1. The van der Waals surface area contributed by atoms with Crippen LogP contribution in [0.15, 0.2) is 48.5 Å². The number of aromatic carboxylic acids is 1. The van der Waals surface area contributed by atoms with Crippen molar-refractivity contribution in [2.24, 2.45) is 0 Å². The summed E-state index contributed by atoms with van der Waals surface area (Å²) in [7, 11) is 0. The second-order valence-corrected chi connectivity index (χ2v) is 7.04. The van der Waals surface area contributed by atoms with Gasteiger partial charge in [-0.2, -0.15) is 5.10 Å². The number of rotatable bonds is 10. The van der Waals surface area contributed by atoms with Gasteiger partial charge in [0.15, 0.2) is 0 Å². The third-order valence-corrected chi connectivity index (χ3v) is 4.90. The van der Waals surface area contributed by atoms with Crippen molar-refractivity contribution < 1.29 is 24.5 Å². The lowest BCUT2D eigenvalue weighted by Crippen LogP contribution is -2.16. The first-order valence-electron chi connectivity index (χ1n) is 10.5. The minimum Gasteiger partial charge on any atom is -0.493 e. The molecule has 1 atom stereocenters. The van der Waals surface area contributed by atoms with E-state index in [1.165, 1.54) is 6.07 Å². The van der Waals surface area contributed by atoms with E-state index in [1.807, 2.05) is 51.1 Å². The smallest absolute Gasteiger partial charge is 0.335 e. The topological polar surface area (TPSA) is 93.8 Å². The van der Waals surface area contributed by atoms with Crippen LogP contribution in [-0.4, -0.2) is 45.3 Å². The Hall–Kier alpha value is -3.32. The SMILES string of the molecule is CCOc1ccc(C(=O)O)cc1-c1cc(-c2ccccc2OCC)n(CC(O)CC)n1. The van der Waals surface area contributed by atoms with Gasteiger partial charge in [0.05, 0.1) is 42.8 Å². The molecular formula is C24H28N2O5. The molecule has 0 radical (unpaired) electrons. The quantitative estimate of drug-likeness (QED) is 0.498. The highest BCUT2D eigenvalue weighted by atomic mass is 16.5. The number of carbonyl (C=O) groups is 1. The van der Waals surface area contributed by atoms with Crippen LogP contribution in [0.3, 0.4) is 0 Å². The Balaban J connectivity index is 2.19. The summed E-state index contributed by atoms with van der Waals surface area (Å²) in [6.45, 7) is 6.96. The molecule has 0 aliphatic heterocycles. The van der Waals surface area contributed by atoms with E-state index in [2.05, 4.69) is 0 Å². The van der Waals surface area contributed by atoms with Crippen LogP contribution in [0.5, 0.6) is 11.5 Å². The second-order valence-electron chi connectivity index (χ2n) is 7.04. The van der Waals surface area contributed by atoms with Gasteiger partial charge >= 0.3 is 5.97 Å².